The van der Waals surface area contributed by atoms with Gasteiger partial charge in [0.15, 0.2) is 0 Å². The highest BCUT2D eigenvalue weighted by atomic mass is 16.5. The number of hydrogen-bond donors (Lipinski definition) is 0. The number of fused-ring (bicyclic) bond motifs is 3. The lowest BCUT2D eigenvalue weighted by Gasteiger charge is -2.30. The number of nitrogens with zero attached hydrogens (tertiary/aromatic N) is 1. The smallest absolute Gasteiger partial charge is 0.137 e. The number of hydrogen-bond acceptors (Lipinski definition) is 3. The van der Waals surface area contributed by atoms with E-state index in [1.54, 1.807) is 0 Å². The van der Waals surface area contributed by atoms with E-state index in [0.717, 1.165) is 106 Å². The van der Waals surface area contributed by atoms with Gasteiger partial charge in [0.25, 0.3) is 0 Å². The highest BCUT2D eigenvalue weighted by Crippen LogP contribution is 2.49. The van der Waals surface area contributed by atoms with Gasteiger partial charge in [-0.1, -0.05) is 182 Å². The summed E-state index contributed by atoms with van der Waals surface area (Å²) in [6.45, 7) is 0. The Labute approximate surface area is 367 Å². The molecule has 0 N–H and O–H groups in total. The first kappa shape index (κ1) is 37.6. The Morgan fingerprint density at radius 1 is 0.317 bits per heavy atom. The van der Waals surface area contributed by atoms with Gasteiger partial charge in [-0.15, -0.1) is 0 Å². The lowest BCUT2D eigenvalue weighted by Crippen LogP contribution is -2.12. The van der Waals surface area contributed by atoms with Gasteiger partial charge in [-0.2, -0.15) is 0 Å². The molecule has 0 bridgehead atoms. The second-order valence-electron chi connectivity index (χ2n) is 15.7. The van der Waals surface area contributed by atoms with E-state index in [9.17, 15) is 0 Å². The van der Waals surface area contributed by atoms with Gasteiger partial charge in [-0.3, -0.25) is 0 Å². The monoisotopic (exact) mass is 807 g/mol. The Morgan fingerprint density at radius 2 is 0.841 bits per heavy atom. The third-order valence-corrected chi connectivity index (χ3v) is 11.7. The molecule has 0 saturated carbocycles. The maximum atomic E-state index is 7.03. The van der Waals surface area contributed by atoms with Crippen LogP contribution in [0.4, 0.5) is 17.1 Å². The molecule has 1 aromatic heterocycles. The van der Waals surface area contributed by atoms with Gasteiger partial charge < -0.3 is 14.1 Å². The van der Waals surface area contributed by atoms with Crippen LogP contribution >= 0.6 is 0 Å². The topological polar surface area (TPSA) is 25.6 Å². The molecule has 3 nitrogen and oxygen atoms in total. The van der Waals surface area contributed by atoms with Gasteiger partial charge in [-0.05, 0) is 105 Å². The summed E-state index contributed by atoms with van der Waals surface area (Å²) in [6.07, 6.45) is 0. The maximum Gasteiger partial charge on any atom is 0.137 e. The average Bonchev–Trinajstić information content (AvgIpc) is 3.74. The Kier molecular flexibility index (Phi) is 9.89. The zero-order valence-corrected chi connectivity index (χ0v) is 34.4. The van der Waals surface area contributed by atoms with Gasteiger partial charge in [0.2, 0.25) is 0 Å². The molecule has 0 saturated heterocycles. The van der Waals surface area contributed by atoms with E-state index in [1.165, 1.54) is 0 Å². The molecular formula is C60H41NO2. The zero-order valence-electron chi connectivity index (χ0n) is 34.4. The largest absolute Gasteiger partial charge is 0.457 e. The number of rotatable bonds is 10. The molecule has 0 spiro atoms. The average molecular weight is 808 g/mol. The number of anilines is 3. The minimum Gasteiger partial charge on any atom is -0.457 e. The molecule has 0 radical (unpaired) electrons. The van der Waals surface area contributed by atoms with E-state index >= 15 is 0 Å². The Hall–Kier alpha value is -8.40. The van der Waals surface area contributed by atoms with Crippen molar-refractivity contribution in [2.75, 3.05) is 4.90 Å². The molecule has 0 aliphatic heterocycles. The fourth-order valence-electron chi connectivity index (χ4n) is 8.69. The summed E-state index contributed by atoms with van der Waals surface area (Å²) in [4.78, 5) is 2.38. The highest BCUT2D eigenvalue weighted by molar-refractivity contribution is 6.14. The molecular weight excluding hydrogens is 767 g/mol. The number of furan rings is 1. The van der Waals surface area contributed by atoms with Crippen LogP contribution in [0.25, 0.3) is 77.6 Å². The summed E-state index contributed by atoms with van der Waals surface area (Å²) in [7, 11) is 0. The minimum absolute atomic E-state index is 0.743. The first-order valence-corrected chi connectivity index (χ1v) is 21.3. The van der Waals surface area contributed by atoms with E-state index < -0.39 is 0 Å². The van der Waals surface area contributed by atoms with Crippen molar-refractivity contribution in [3.63, 3.8) is 0 Å². The molecule has 0 aliphatic rings. The van der Waals surface area contributed by atoms with Crippen molar-refractivity contribution in [1.82, 2.24) is 0 Å². The third-order valence-electron chi connectivity index (χ3n) is 11.7. The van der Waals surface area contributed by atoms with Gasteiger partial charge in [-0.25, -0.2) is 0 Å². The standard InChI is InChI=1S/C60H41NO2/c1-6-18-42(19-7-1)47-28-16-29-51(38-47)62-59-41-50(34-36-52(59)45-24-12-4-13-25-45)61(55-37-33-48(43-20-8-2-9-21-43)39-54(55)46-26-14-5-15-27-46)56-30-17-31-57-60(56)53-35-32-49(40-58(53)63-57)44-22-10-3-11-23-44/h1-41H. The molecule has 0 atom stereocenters. The minimum atomic E-state index is 0.743. The number of benzene rings is 10. The summed E-state index contributed by atoms with van der Waals surface area (Å²) >= 11 is 0. The number of ether oxygens (including phenoxy) is 1. The summed E-state index contributed by atoms with van der Waals surface area (Å²) in [5.41, 5.74) is 15.7. The van der Waals surface area contributed by atoms with Crippen LogP contribution in [0.2, 0.25) is 0 Å². The molecule has 0 aliphatic carbocycles. The van der Waals surface area contributed by atoms with Crippen LogP contribution in [0.5, 0.6) is 11.5 Å². The normalized spacial score (nSPS) is 11.2. The van der Waals surface area contributed by atoms with Crippen LogP contribution in [0.15, 0.2) is 253 Å². The quantitative estimate of drug-likeness (QED) is 0.138. The van der Waals surface area contributed by atoms with Crippen LogP contribution in [-0.4, -0.2) is 0 Å². The lowest BCUT2D eigenvalue weighted by atomic mass is 9.95. The maximum absolute atomic E-state index is 7.03. The molecule has 1 heterocycles. The van der Waals surface area contributed by atoms with E-state index in [0.29, 0.717) is 0 Å². The summed E-state index contributed by atoms with van der Waals surface area (Å²) in [5.74, 6) is 1.50. The predicted molar refractivity (Wildman–Crippen MR) is 262 cm³/mol. The van der Waals surface area contributed by atoms with Crippen LogP contribution < -0.4 is 9.64 Å². The summed E-state index contributed by atoms with van der Waals surface area (Å²) in [6, 6.07) is 87.3. The fourth-order valence-corrected chi connectivity index (χ4v) is 8.69. The van der Waals surface area contributed by atoms with Crippen molar-refractivity contribution in [1.29, 1.82) is 0 Å². The van der Waals surface area contributed by atoms with Crippen LogP contribution in [-0.2, 0) is 0 Å². The lowest BCUT2D eigenvalue weighted by molar-refractivity contribution is 0.485. The molecule has 0 amide bonds. The predicted octanol–water partition coefficient (Wildman–Crippen LogP) is 17.2. The highest BCUT2D eigenvalue weighted by Gasteiger charge is 2.24. The molecule has 10 aromatic carbocycles. The fraction of sp³-hybridized carbons (Fsp3) is 0. The van der Waals surface area contributed by atoms with Crippen molar-refractivity contribution in [2.24, 2.45) is 0 Å². The molecule has 63 heavy (non-hydrogen) atoms. The van der Waals surface area contributed by atoms with Crippen LogP contribution in [0, 0.1) is 0 Å². The first-order valence-electron chi connectivity index (χ1n) is 21.3. The Morgan fingerprint density at radius 3 is 1.48 bits per heavy atom. The Bertz CT molecular complexity index is 3340. The van der Waals surface area contributed by atoms with Crippen molar-refractivity contribution in [3.8, 4) is 67.1 Å². The molecule has 11 rings (SSSR count). The zero-order chi connectivity index (χ0) is 42.0. The molecule has 3 heteroatoms. The van der Waals surface area contributed by atoms with Gasteiger partial charge in [0.05, 0.1) is 16.8 Å². The van der Waals surface area contributed by atoms with Gasteiger partial charge in [0.1, 0.15) is 22.7 Å². The summed E-state index contributed by atoms with van der Waals surface area (Å²) < 4.78 is 13.8. The SMILES string of the molecule is c1ccc(-c2cccc(Oc3cc(N(c4ccc(-c5ccccc5)cc4-c4ccccc4)c4cccc5oc6cc(-c7ccccc7)ccc6c45)ccc3-c3ccccc3)c2)cc1. The van der Waals surface area contributed by atoms with E-state index in [-0.39, 0.29) is 0 Å². The van der Waals surface area contributed by atoms with Gasteiger partial charge >= 0.3 is 0 Å². The molecule has 0 unspecified atom stereocenters. The third kappa shape index (κ3) is 7.43. The molecule has 0 fully saturated rings. The van der Waals surface area contributed by atoms with E-state index in [1.807, 2.05) is 24.3 Å². The molecule has 11 aromatic rings. The van der Waals surface area contributed by atoms with Crippen molar-refractivity contribution >= 4 is 39.0 Å². The van der Waals surface area contributed by atoms with E-state index in [4.69, 9.17) is 9.15 Å². The van der Waals surface area contributed by atoms with Crippen molar-refractivity contribution in [2.45, 2.75) is 0 Å². The first-order chi connectivity index (χ1) is 31.2. The van der Waals surface area contributed by atoms with Gasteiger partial charge in [0, 0.05) is 28.3 Å². The van der Waals surface area contributed by atoms with Crippen LogP contribution in [0.3, 0.4) is 0 Å². The van der Waals surface area contributed by atoms with Crippen LogP contribution in [0.1, 0.15) is 0 Å². The second-order valence-corrected chi connectivity index (χ2v) is 15.7. The Balaban J connectivity index is 1.15. The second kappa shape index (κ2) is 16.6. The molecule has 298 valence electrons. The van der Waals surface area contributed by atoms with Crippen molar-refractivity contribution < 1.29 is 9.15 Å². The van der Waals surface area contributed by atoms with Crippen molar-refractivity contribution in [3.05, 3.63) is 249 Å². The summed E-state index contributed by atoms with van der Waals surface area (Å²) in [5, 5.41) is 2.07. The van der Waals surface area contributed by atoms with E-state index in [2.05, 4.69) is 229 Å².